The number of oxazole rings is 1. The fourth-order valence-electron chi connectivity index (χ4n) is 4.61. The van der Waals surface area contributed by atoms with Crippen molar-refractivity contribution in [3.63, 3.8) is 0 Å². The number of anilines is 1. The van der Waals surface area contributed by atoms with Crippen molar-refractivity contribution in [2.45, 2.75) is 31.7 Å². The number of halogens is 1. The van der Waals surface area contributed by atoms with Gasteiger partial charge in [-0.05, 0) is 55.5 Å². The summed E-state index contributed by atoms with van der Waals surface area (Å²) in [7, 11) is 0. The molecule has 6 heteroatoms. The maximum Gasteiger partial charge on any atom is 0.298 e. The Bertz CT molecular complexity index is 975. The first-order valence-corrected chi connectivity index (χ1v) is 10.7. The quantitative estimate of drug-likeness (QED) is 0.606. The van der Waals surface area contributed by atoms with Crippen LogP contribution in [0.15, 0.2) is 52.9 Å². The second-order valence-electron chi connectivity index (χ2n) is 7.97. The number of carbonyl (C=O) groups is 1. The molecule has 5 rings (SSSR count). The Morgan fingerprint density at radius 3 is 2.52 bits per heavy atom. The van der Waals surface area contributed by atoms with E-state index in [0.717, 1.165) is 61.4 Å². The topological polar surface area (TPSA) is 49.6 Å². The Labute approximate surface area is 175 Å². The third-order valence-electron chi connectivity index (χ3n) is 6.19. The third-order valence-corrected chi connectivity index (χ3v) is 6.44. The van der Waals surface area contributed by atoms with E-state index < -0.39 is 0 Å². The average Bonchev–Trinajstić information content (AvgIpc) is 3.41. The lowest BCUT2D eigenvalue weighted by atomic mass is 9.94. The number of benzene rings is 2. The van der Waals surface area contributed by atoms with Gasteiger partial charge in [-0.2, -0.15) is 4.98 Å². The van der Waals surface area contributed by atoms with E-state index in [1.807, 2.05) is 36.4 Å². The predicted octanol–water partition coefficient (Wildman–Crippen LogP) is 5.06. The molecule has 2 aliphatic heterocycles. The van der Waals surface area contributed by atoms with Crippen LogP contribution >= 0.6 is 11.6 Å². The summed E-state index contributed by atoms with van der Waals surface area (Å²) >= 11 is 6.03. The highest BCUT2D eigenvalue weighted by molar-refractivity contribution is 6.30. The molecule has 0 spiro atoms. The van der Waals surface area contributed by atoms with Crippen molar-refractivity contribution in [2.75, 3.05) is 24.5 Å². The number of aromatic nitrogens is 1. The minimum atomic E-state index is 0.0727. The SMILES string of the molecule is O=C(C1CCN(c2nc3ccccc3o2)CC1)N1CCCC1c1ccc(Cl)cc1. The van der Waals surface area contributed by atoms with Gasteiger partial charge >= 0.3 is 0 Å². The van der Waals surface area contributed by atoms with Crippen molar-refractivity contribution in [3.05, 3.63) is 59.1 Å². The van der Waals surface area contributed by atoms with Crippen LogP contribution in [0.4, 0.5) is 6.01 Å². The number of likely N-dealkylation sites (tertiary alicyclic amines) is 1. The first-order valence-electron chi connectivity index (χ1n) is 10.4. The summed E-state index contributed by atoms with van der Waals surface area (Å²) in [5.74, 6) is 0.364. The second-order valence-corrected chi connectivity index (χ2v) is 8.40. The number of fused-ring (bicyclic) bond motifs is 1. The molecule has 1 unspecified atom stereocenters. The number of para-hydroxylation sites is 2. The van der Waals surface area contributed by atoms with Gasteiger partial charge in [0.2, 0.25) is 5.91 Å². The van der Waals surface area contributed by atoms with Crippen LogP contribution in [0.1, 0.15) is 37.3 Å². The first kappa shape index (κ1) is 18.5. The molecule has 29 heavy (non-hydrogen) atoms. The molecule has 2 aliphatic rings. The highest BCUT2D eigenvalue weighted by Crippen LogP contribution is 2.35. The zero-order valence-electron chi connectivity index (χ0n) is 16.3. The lowest BCUT2D eigenvalue weighted by Gasteiger charge is -2.34. The highest BCUT2D eigenvalue weighted by atomic mass is 35.5. The maximum atomic E-state index is 13.3. The Balaban J connectivity index is 1.25. The maximum absolute atomic E-state index is 13.3. The van der Waals surface area contributed by atoms with Gasteiger partial charge in [-0.3, -0.25) is 4.79 Å². The van der Waals surface area contributed by atoms with Gasteiger partial charge in [-0.25, -0.2) is 0 Å². The number of piperidine rings is 1. The largest absolute Gasteiger partial charge is 0.423 e. The van der Waals surface area contributed by atoms with Crippen molar-refractivity contribution >= 4 is 34.6 Å². The standard InChI is InChI=1S/C23H24ClN3O2/c24-18-9-7-16(8-10-18)20-5-3-13-27(20)22(28)17-11-14-26(15-12-17)23-25-19-4-1-2-6-21(19)29-23/h1-2,4,6-10,17,20H,3,5,11-15H2. The van der Waals surface area contributed by atoms with Gasteiger partial charge in [0.05, 0.1) is 6.04 Å². The molecular weight excluding hydrogens is 386 g/mol. The Hall–Kier alpha value is -2.53. The fourth-order valence-corrected chi connectivity index (χ4v) is 4.74. The molecule has 1 amide bonds. The van der Waals surface area contributed by atoms with Crippen molar-refractivity contribution in [3.8, 4) is 0 Å². The number of rotatable bonds is 3. The summed E-state index contributed by atoms with van der Waals surface area (Å²) in [5, 5.41) is 0.733. The molecule has 0 radical (unpaired) electrons. The molecule has 3 heterocycles. The molecule has 1 aromatic heterocycles. The Morgan fingerprint density at radius 2 is 1.76 bits per heavy atom. The molecular formula is C23H24ClN3O2. The molecule has 2 saturated heterocycles. The smallest absolute Gasteiger partial charge is 0.298 e. The lowest BCUT2D eigenvalue weighted by Crippen LogP contribution is -2.42. The van der Waals surface area contributed by atoms with Gasteiger partial charge < -0.3 is 14.2 Å². The van der Waals surface area contributed by atoms with Crippen molar-refractivity contribution in [1.29, 1.82) is 0 Å². The van der Waals surface area contributed by atoms with Crippen LogP contribution in [0.3, 0.4) is 0 Å². The zero-order valence-corrected chi connectivity index (χ0v) is 17.0. The van der Waals surface area contributed by atoms with Gasteiger partial charge in [0, 0.05) is 30.6 Å². The van der Waals surface area contributed by atoms with Gasteiger partial charge in [0.15, 0.2) is 5.58 Å². The summed E-state index contributed by atoms with van der Waals surface area (Å²) < 4.78 is 5.90. The molecule has 0 aliphatic carbocycles. The van der Waals surface area contributed by atoms with Crippen LogP contribution in [-0.2, 0) is 4.79 Å². The number of hydrogen-bond donors (Lipinski definition) is 0. The van der Waals surface area contributed by atoms with E-state index in [9.17, 15) is 4.79 Å². The van der Waals surface area contributed by atoms with Crippen molar-refractivity contribution in [2.24, 2.45) is 5.92 Å². The normalized spacial score (nSPS) is 20.5. The van der Waals surface area contributed by atoms with Gasteiger partial charge in [-0.15, -0.1) is 0 Å². The molecule has 1 atom stereocenters. The number of nitrogens with zero attached hydrogens (tertiary/aromatic N) is 3. The minimum Gasteiger partial charge on any atom is -0.423 e. The van der Waals surface area contributed by atoms with Crippen LogP contribution in [0.5, 0.6) is 0 Å². The van der Waals surface area contributed by atoms with Crippen molar-refractivity contribution in [1.82, 2.24) is 9.88 Å². The zero-order chi connectivity index (χ0) is 19.8. The van der Waals surface area contributed by atoms with Crippen LogP contribution < -0.4 is 4.90 Å². The average molecular weight is 410 g/mol. The minimum absolute atomic E-state index is 0.0727. The summed E-state index contributed by atoms with van der Waals surface area (Å²) in [4.78, 5) is 22.1. The fraction of sp³-hybridized carbons (Fsp3) is 0.391. The van der Waals surface area contributed by atoms with Gasteiger partial charge in [-0.1, -0.05) is 35.9 Å². The molecule has 0 bridgehead atoms. The highest BCUT2D eigenvalue weighted by Gasteiger charge is 2.36. The lowest BCUT2D eigenvalue weighted by molar-refractivity contribution is -0.137. The Kier molecular flexibility index (Phi) is 4.92. The van der Waals surface area contributed by atoms with Crippen molar-refractivity contribution < 1.29 is 9.21 Å². The van der Waals surface area contributed by atoms with Gasteiger partial charge in [0.1, 0.15) is 5.52 Å². The first-order chi connectivity index (χ1) is 14.2. The predicted molar refractivity (Wildman–Crippen MR) is 114 cm³/mol. The molecule has 2 fully saturated rings. The number of hydrogen-bond acceptors (Lipinski definition) is 4. The molecule has 2 aromatic carbocycles. The van der Waals surface area contributed by atoms with Crippen LogP contribution in [0, 0.1) is 5.92 Å². The van der Waals surface area contributed by atoms with E-state index in [-0.39, 0.29) is 12.0 Å². The Morgan fingerprint density at radius 1 is 1.00 bits per heavy atom. The molecule has 150 valence electrons. The number of carbonyl (C=O) groups excluding carboxylic acids is 1. The molecule has 0 saturated carbocycles. The second kappa shape index (κ2) is 7.71. The van der Waals surface area contributed by atoms with Crippen LogP contribution in [-0.4, -0.2) is 35.4 Å². The van der Waals surface area contributed by atoms with E-state index in [1.54, 1.807) is 0 Å². The van der Waals surface area contributed by atoms with Crippen LogP contribution in [0.25, 0.3) is 11.1 Å². The summed E-state index contributed by atoms with van der Waals surface area (Å²) in [6, 6.07) is 16.6. The van der Waals surface area contributed by atoms with E-state index in [2.05, 4.69) is 26.9 Å². The summed E-state index contributed by atoms with van der Waals surface area (Å²) in [5.41, 5.74) is 2.87. The monoisotopic (exact) mass is 409 g/mol. The van der Waals surface area contributed by atoms with Crippen LogP contribution in [0.2, 0.25) is 5.02 Å². The third kappa shape index (κ3) is 3.60. The van der Waals surface area contributed by atoms with E-state index in [0.29, 0.717) is 11.9 Å². The molecule has 0 N–H and O–H groups in total. The van der Waals surface area contributed by atoms with Gasteiger partial charge in [0.25, 0.3) is 6.01 Å². The number of amides is 1. The van der Waals surface area contributed by atoms with E-state index in [4.69, 9.17) is 16.0 Å². The van der Waals surface area contributed by atoms with E-state index >= 15 is 0 Å². The summed E-state index contributed by atoms with van der Waals surface area (Å²) in [6.45, 7) is 2.43. The summed E-state index contributed by atoms with van der Waals surface area (Å²) in [6.07, 6.45) is 3.75. The van der Waals surface area contributed by atoms with E-state index in [1.165, 1.54) is 5.56 Å². The molecule has 5 nitrogen and oxygen atoms in total. The molecule has 3 aromatic rings.